The Labute approximate surface area is 128 Å². The number of benzene rings is 1. The summed E-state index contributed by atoms with van der Waals surface area (Å²) in [6.45, 7) is 7.07. The molecule has 0 amide bonds. The van der Waals surface area contributed by atoms with E-state index in [1.54, 1.807) is 0 Å². The predicted octanol–water partition coefficient (Wildman–Crippen LogP) is 4.62. The van der Waals surface area contributed by atoms with Crippen LogP contribution in [0.15, 0.2) is 30.3 Å². The minimum absolute atomic E-state index is 0.237. The molecule has 1 N–H and O–H groups in total. The summed E-state index contributed by atoms with van der Waals surface area (Å²) in [6.07, 6.45) is 7.56. The Morgan fingerprint density at radius 3 is 2.60 bits per heavy atom. The molecule has 1 aromatic rings. The normalized spacial score (nSPS) is 24.8. The molecule has 0 spiro atoms. The van der Waals surface area contributed by atoms with Crippen molar-refractivity contribution in [3.8, 4) is 0 Å². The maximum absolute atomic E-state index is 3.88. The van der Waals surface area contributed by atoms with Gasteiger partial charge in [-0.05, 0) is 43.4 Å². The first kappa shape index (κ1) is 15.9. The zero-order valence-electron chi connectivity index (χ0n) is 13.4. The second-order valence-corrected chi connectivity index (χ2v) is 7.91. The second-order valence-electron chi connectivity index (χ2n) is 6.83. The van der Waals surface area contributed by atoms with Gasteiger partial charge in [-0.25, -0.2) is 0 Å². The van der Waals surface area contributed by atoms with Crippen LogP contribution in [-0.4, -0.2) is 23.6 Å². The Hall–Kier alpha value is -0.470. The number of rotatable bonds is 6. The quantitative estimate of drug-likeness (QED) is 0.821. The molecule has 112 valence electrons. The van der Waals surface area contributed by atoms with Gasteiger partial charge < -0.3 is 5.32 Å². The van der Waals surface area contributed by atoms with E-state index in [4.69, 9.17) is 0 Å². The SMILES string of the molecule is CSC1CCCC1NC(C)CC(C)(C)c1ccccc1. The minimum Gasteiger partial charge on any atom is -0.310 e. The fraction of sp³-hybridized carbons (Fsp3) is 0.667. The molecule has 3 atom stereocenters. The van der Waals surface area contributed by atoms with E-state index in [1.807, 2.05) is 11.8 Å². The van der Waals surface area contributed by atoms with Crippen LogP contribution >= 0.6 is 11.8 Å². The first-order valence-corrected chi connectivity index (χ1v) is 9.16. The zero-order chi connectivity index (χ0) is 14.6. The Morgan fingerprint density at radius 1 is 1.25 bits per heavy atom. The van der Waals surface area contributed by atoms with Crippen LogP contribution in [0.3, 0.4) is 0 Å². The van der Waals surface area contributed by atoms with Crippen molar-refractivity contribution in [1.82, 2.24) is 5.32 Å². The molecule has 1 aliphatic carbocycles. The summed E-state index contributed by atoms with van der Waals surface area (Å²) in [5, 5.41) is 4.70. The van der Waals surface area contributed by atoms with Crippen LogP contribution < -0.4 is 5.32 Å². The Balaban J connectivity index is 1.92. The maximum Gasteiger partial charge on any atom is 0.0198 e. The van der Waals surface area contributed by atoms with Crippen molar-refractivity contribution >= 4 is 11.8 Å². The monoisotopic (exact) mass is 291 g/mol. The molecule has 0 saturated heterocycles. The number of thioether (sulfide) groups is 1. The largest absolute Gasteiger partial charge is 0.310 e. The van der Waals surface area contributed by atoms with Crippen molar-refractivity contribution in [2.75, 3.05) is 6.26 Å². The van der Waals surface area contributed by atoms with Gasteiger partial charge in [0.2, 0.25) is 0 Å². The molecule has 3 unspecified atom stereocenters. The van der Waals surface area contributed by atoms with Gasteiger partial charge in [-0.2, -0.15) is 11.8 Å². The third-order valence-electron chi connectivity index (χ3n) is 4.63. The van der Waals surface area contributed by atoms with Crippen molar-refractivity contribution in [2.24, 2.45) is 0 Å². The van der Waals surface area contributed by atoms with E-state index in [0.717, 1.165) is 5.25 Å². The Morgan fingerprint density at radius 2 is 1.95 bits per heavy atom. The summed E-state index contributed by atoms with van der Waals surface area (Å²) in [5.74, 6) is 0. The predicted molar refractivity (Wildman–Crippen MR) is 91.6 cm³/mol. The van der Waals surface area contributed by atoms with Crippen molar-refractivity contribution in [3.63, 3.8) is 0 Å². The highest BCUT2D eigenvalue weighted by Gasteiger charge is 2.29. The fourth-order valence-corrected chi connectivity index (χ4v) is 4.54. The third kappa shape index (κ3) is 4.02. The zero-order valence-corrected chi connectivity index (χ0v) is 14.2. The van der Waals surface area contributed by atoms with Crippen LogP contribution in [0.2, 0.25) is 0 Å². The molecule has 0 aliphatic heterocycles. The number of hydrogen-bond acceptors (Lipinski definition) is 2. The maximum atomic E-state index is 3.88. The molecule has 2 rings (SSSR count). The van der Waals surface area contributed by atoms with Crippen molar-refractivity contribution in [1.29, 1.82) is 0 Å². The van der Waals surface area contributed by atoms with Gasteiger partial charge in [0.15, 0.2) is 0 Å². The molecule has 0 aromatic heterocycles. The van der Waals surface area contributed by atoms with Gasteiger partial charge in [0.05, 0.1) is 0 Å². The van der Waals surface area contributed by atoms with Gasteiger partial charge in [-0.15, -0.1) is 0 Å². The minimum atomic E-state index is 0.237. The lowest BCUT2D eigenvalue weighted by atomic mass is 9.79. The van der Waals surface area contributed by atoms with E-state index in [9.17, 15) is 0 Å². The van der Waals surface area contributed by atoms with Crippen LogP contribution in [0.4, 0.5) is 0 Å². The molecule has 2 heteroatoms. The van der Waals surface area contributed by atoms with E-state index in [0.29, 0.717) is 12.1 Å². The summed E-state index contributed by atoms with van der Waals surface area (Å²) >= 11 is 2.03. The van der Waals surface area contributed by atoms with Crippen LogP contribution in [0.5, 0.6) is 0 Å². The van der Waals surface area contributed by atoms with Crippen molar-refractivity contribution in [3.05, 3.63) is 35.9 Å². The van der Waals surface area contributed by atoms with E-state index >= 15 is 0 Å². The average molecular weight is 292 g/mol. The lowest BCUT2D eigenvalue weighted by Gasteiger charge is -2.32. The van der Waals surface area contributed by atoms with Gasteiger partial charge in [-0.3, -0.25) is 0 Å². The molecule has 1 nitrogen and oxygen atoms in total. The molecule has 1 fully saturated rings. The molecule has 1 aromatic carbocycles. The average Bonchev–Trinajstić information content (AvgIpc) is 2.86. The van der Waals surface area contributed by atoms with E-state index in [2.05, 4.69) is 62.7 Å². The number of nitrogens with one attached hydrogen (secondary N) is 1. The Kier molecular flexibility index (Phi) is 5.57. The first-order valence-electron chi connectivity index (χ1n) is 7.87. The third-order valence-corrected chi connectivity index (χ3v) is 5.80. The molecule has 20 heavy (non-hydrogen) atoms. The summed E-state index contributed by atoms with van der Waals surface area (Å²) in [4.78, 5) is 0. The smallest absolute Gasteiger partial charge is 0.0198 e. The summed E-state index contributed by atoms with van der Waals surface area (Å²) < 4.78 is 0. The van der Waals surface area contributed by atoms with E-state index in [-0.39, 0.29) is 5.41 Å². The van der Waals surface area contributed by atoms with Crippen LogP contribution in [0.1, 0.15) is 52.0 Å². The van der Waals surface area contributed by atoms with Crippen LogP contribution in [0.25, 0.3) is 0 Å². The van der Waals surface area contributed by atoms with E-state index in [1.165, 1.54) is 31.2 Å². The lowest BCUT2D eigenvalue weighted by molar-refractivity contribution is 0.359. The molecule has 1 saturated carbocycles. The van der Waals surface area contributed by atoms with E-state index < -0.39 is 0 Å². The van der Waals surface area contributed by atoms with Gasteiger partial charge >= 0.3 is 0 Å². The van der Waals surface area contributed by atoms with Gasteiger partial charge in [0, 0.05) is 17.3 Å². The van der Waals surface area contributed by atoms with Gasteiger partial charge in [-0.1, -0.05) is 50.6 Å². The lowest BCUT2D eigenvalue weighted by Crippen LogP contribution is -2.42. The first-order chi connectivity index (χ1) is 9.53. The molecule has 0 heterocycles. The topological polar surface area (TPSA) is 12.0 Å². The molecule has 0 radical (unpaired) electrons. The highest BCUT2D eigenvalue weighted by Crippen LogP contribution is 2.31. The highest BCUT2D eigenvalue weighted by molar-refractivity contribution is 7.99. The molecular formula is C18H29NS. The molecule has 0 bridgehead atoms. The standard InChI is InChI=1S/C18H29NS/c1-14(19-16-11-8-12-17(16)20-4)13-18(2,3)15-9-6-5-7-10-15/h5-7,9-10,14,16-17,19H,8,11-13H2,1-4H3. The number of hydrogen-bond donors (Lipinski definition) is 1. The van der Waals surface area contributed by atoms with Crippen molar-refractivity contribution in [2.45, 2.75) is 69.2 Å². The van der Waals surface area contributed by atoms with Crippen LogP contribution in [0, 0.1) is 0 Å². The molecular weight excluding hydrogens is 262 g/mol. The van der Waals surface area contributed by atoms with Gasteiger partial charge in [0.25, 0.3) is 0 Å². The van der Waals surface area contributed by atoms with Crippen LogP contribution in [-0.2, 0) is 5.41 Å². The second kappa shape index (κ2) is 7.00. The molecule has 1 aliphatic rings. The summed E-state index contributed by atoms with van der Waals surface area (Å²) in [7, 11) is 0. The van der Waals surface area contributed by atoms with Gasteiger partial charge in [0.1, 0.15) is 0 Å². The summed E-state index contributed by atoms with van der Waals surface area (Å²) in [5.41, 5.74) is 1.68. The fourth-order valence-electron chi connectivity index (χ4n) is 3.60. The van der Waals surface area contributed by atoms with Crippen molar-refractivity contribution < 1.29 is 0 Å². The summed E-state index contributed by atoms with van der Waals surface area (Å²) in [6, 6.07) is 12.2. The Bertz CT molecular complexity index is 401. The highest BCUT2D eigenvalue weighted by atomic mass is 32.2.